The van der Waals surface area contributed by atoms with Crippen molar-refractivity contribution in [3.05, 3.63) is 70.1 Å². The van der Waals surface area contributed by atoms with Crippen molar-refractivity contribution in [2.24, 2.45) is 4.99 Å². The van der Waals surface area contributed by atoms with Crippen molar-refractivity contribution in [1.29, 1.82) is 0 Å². The number of aromatic nitrogens is 1. The van der Waals surface area contributed by atoms with Crippen LogP contribution in [-0.4, -0.2) is 31.1 Å². The number of benzene rings is 1. The van der Waals surface area contributed by atoms with Crippen molar-refractivity contribution in [2.45, 2.75) is 32.7 Å². The van der Waals surface area contributed by atoms with Crippen LogP contribution in [0.1, 0.15) is 28.1 Å². The van der Waals surface area contributed by atoms with Gasteiger partial charge in [0, 0.05) is 30.6 Å². The summed E-state index contributed by atoms with van der Waals surface area (Å²) >= 11 is 1.72. The summed E-state index contributed by atoms with van der Waals surface area (Å²) in [5.41, 5.74) is 1.25. The number of aliphatic imine (C=N–C) groups is 1. The summed E-state index contributed by atoms with van der Waals surface area (Å²) in [7, 11) is 1.68. The SMILES string of the molecule is CCc1cnc(CN=C(NCCc2ccc(OC)cc2)NCCc2ccco2)s1.I. The first-order valence-corrected chi connectivity index (χ1v) is 10.7. The molecule has 6 nitrogen and oxygen atoms in total. The molecule has 0 aliphatic heterocycles. The Morgan fingerprint density at radius 3 is 2.53 bits per heavy atom. The Kier molecular flexibility index (Phi) is 10.7. The molecule has 0 bridgehead atoms. The monoisotopic (exact) mass is 540 g/mol. The average Bonchev–Trinajstić information content (AvgIpc) is 3.44. The molecule has 8 heteroatoms. The molecule has 0 amide bonds. The molecule has 0 fully saturated rings. The van der Waals surface area contributed by atoms with Gasteiger partial charge in [0.15, 0.2) is 5.96 Å². The largest absolute Gasteiger partial charge is 0.497 e. The Morgan fingerprint density at radius 1 is 1.13 bits per heavy atom. The first-order chi connectivity index (χ1) is 14.3. The van der Waals surface area contributed by atoms with Crippen molar-refractivity contribution in [3.8, 4) is 5.75 Å². The third-order valence-electron chi connectivity index (χ3n) is 4.43. The van der Waals surface area contributed by atoms with Gasteiger partial charge < -0.3 is 19.8 Å². The number of halogens is 1. The van der Waals surface area contributed by atoms with Crippen LogP contribution in [0.25, 0.3) is 0 Å². The lowest BCUT2D eigenvalue weighted by Gasteiger charge is -2.12. The molecule has 0 aliphatic carbocycles. The summed E-state index contributed by atoms with van der Waals surface area (Å²) in [5.74, 6) is 2.62. The fraction of sp³-hybridized carbons (Fsp3) is 0.364. The molecule has 0 aliphatic rings. The number of ether oxygens (including phenoxy) is 1. The molecular weight excluding hydrogens is 511 g/mol. The van der Waals surface area contributed by atoms with Crippen LogP contribution in [0.2, 0.25) is 0 Å². The second kappa shape index (κ2) is 13.3. The van der Waals surface area contributed by atoms with Crippen molar-refractivity contribution >= 4 is 41.3 Å². The van der Waals surface area contributed by atoms with Crippen molar-refractivity contribution in [1.82, 2.24) is 15.6 Å². The summed E-state index contributed by atoms with van der Waals surface area (Å²) in [4.78, 5) is 10.5. The summed E-state index contributed by atoms with van der Waals surface area (Å²) < 4.78 is 10.6. The molecule has 0 saturated heterocycles. The van der Waals surface area contributed by atoms with E-state index in [2.05, 4.69) is 34.7 Å². The third kappa shape index (κ3) is 7.98. The van der Waals surface area contributed by atoms with E-state index in [1.54, 1.807) is 24.7 Å². The van der Waals surface area contributed by atoms with Gasteiger partial charge in [0.05, 0.1) is 19.9 Å². The van der Waals surface area contributed by atoms with Crippen LogP contribution in [0.4, 0.5) is 0 Å². The van der Waals surface area contributed by atoms with Gasteiger partial charge in [0.2, 0.25) is 0 Å². The number of aryl methyl sites for hydroxylation is 1. The van der Waals surface area contributed by atoms with Crippen molar-refractivity contribution in [2.75, 3.05) is 20.2 Å². The predicted octanol–water partition coefficient (Wildman–Crippen LogP) is 4.45. The van der Waals surface area contributed by atoms with Gasteiger partial charge in [-0.25, -0.2) is 9.98 Å². The smallest absolute Gasteiger partial charge is 0.191 e. The van der Waals surface area contributed by atoms with Gasteiger partial charge in [0.25, 0.3) is 0 Å². The second-order valence-corrected chi connectivity index (χ2v) is 7.72. The molecule has 1 aromatic carbocycles. The molecule has 0 radical (unpaired) electrons. The average molecular weight is 540 g/mol. The molecule has 0 saturated carbocycles. The van der Waals surface area contributed by atoms with Gasteiger partial charge in [-0.05, 0) is 42.7 Å². The number of hydrogen-bond donors (Lipinski definition) is 2. The zero-order valence-corrected chi connectivity index (χ0v) is 20.5. The molecule has 0 unspecified atom stereocenters. The second-order valence-electron chi connectivity index (χ2n) is 6.52. The van der Waals surface area contributed by atoms with Gasteiger partial charge in [-0.2, -0.15) is 0 Å². The van der Waals surface area contributed by atoms with Crippen LogP contribution in [0.15, 0.2) is 58.3 Å². The maximum atomic E-state index is 5.40. The number of nitrogens with zero attached hydrogens (tertiary/aromatic N) is 2. The Balaban J connectivity index is 0.00000320. The van der Waals surface area contributed by atoms with Gasteiger partial charge in [0.1, 0.15) is 16.5 Å². The van der Waals surface area contributed by atoms with E-state index in [4.69, 9.17) is 14.1 Å². The highest BCUT2D eigenvalue weighted by atomic mass is 127. The molecular formula is C22H29IN4O2S. The van der Waals surface area contributed by atoms with E-state index >= 15 is 0 Å². The van der Waals surface area contributed by atoms with E-state index in [9.17, 15) is 0 Å². The Bertz CT molecular complexity index is 879. The van der Waals surface area contributed by atoms with Gasteiger partial charge in [-0.3, -0.25) is 0 Å². The number of methoxy groups -OCH3 is 1. The minimum Gasteiger partial charge on any atom is -0.497 e. The number of furan rings is 1. The molecule has 30 heavy (non-hydrogen) atoms. The number of nitrogens with one attached hydrogen (secondary N) is 2. The minimum absolute atomic E-state index is 0. The van der Waals surface area contributed by atoms with E-state index in [0.717, 1.165) is 54.8 Å². The van der Waals surface area contributed by atoms with Crippen molar-refractivity contribution < 1.29 is 9.15 Å². The summed E-state index contributed by atoms with van der Waals surface area (Å²) in [5, 5.41) is 7.84. The fourth-order valence-electron chi connectivity index (χ4n) is 2.78. The highest BCUT2D eigenvalue weighted by molar-refractivity contribution is 14.0. The molecule has 2 N–H and O–H groups in total. The van der Waals surface area contributed by atoms with Crippen LogP contribution in [0.5, 0.6) is 5.75 Å². The van der Waals surface area contributed by atoms with E-state index in [1.165, 1.54) is 10.4 Å². The fourth-order valence-corrected chi connectivity index (χ4v) is 3.57. The number of rotatable bonds is 10. The van der Waals surface area contributed by atoms with Crippen LogP contribution in [0.3, 0.4) is 0 Å². The molecule has 3 aromatic rings. The Hall–Kier alpha value is -2.07. The topological polar surface area (TPSA) is 71.7 Å². The van der Waals surface area contributed by atoms with E-state index < -0.39 is 0 Å². The highest BCUT2D eigenvalue weighted by Crippen LogP contribution is 2.14. The van der Waals surface area contributed by atoms with Crippen molar-refractivity contribution in [3.63, 3.8) is 0 Å². The first kappa shape index (κ1) is 24.2. The quantitative estimate of drug-likeness (QED) is 0.226. The zero-order chi connectivity index (χ0) is 20.3. The first-order valence-electron chi connectivity index (χ1n) is 9.88. The van der Waals surface area contributed by atoms with E-state index in [-0.39, 0.29) is 24.0 Å². The van der Waals surface area contributed by atoms with E-state index in [1.807, 2.05) is 30.5 Å². The molecule has 2 aromatic heterocycles. The molecule has 2 heterocycles. The molecule has 3 rings (SSSR count). The van der Waals surface area contributed by atoms with Crippen LogP contribution in [-0.2, 0) is 25.8 Å². The summed E-state index contributed by atoms with van der Waals surface area (Å²) in [6.45, 7) is 4.25. The summed E-state index contributed by atoms with van der Waals surface area (Å²) in [6, 6.07) is 12.0. The number of thiazole rings is 1. The van der Waals surface area contributed by atoms with Gasteiger partial charge in [-0.15, -0.1) is 35.3 Å². The number of hydrogen-bond acceptors (Lipinski definition) is 5. The standard InChI is InChI=1S/C22H28N4O2S.HI/c1-3-20-15-25-21(29-20)16-26-22(24-13-11-19-5-4-14-28-19)23-12-10-17-6-8-18(27-2)9-7-17;/h4-9,14-15H,3,10-13,16H2,1-2H3,(H2,23,24,26);1H. The lowest BCUT2D eigenvalue weighted by molar-refractivity contribution is 0.414. The predicted molar refractivity (Wildman–Crippen MR) is 133 cm³/mol. The Labute approximate surface area is 199 Å². The lowest BCUT2D eigenvalue weighted by Crippen LogP contribution is -2.39. The molecule has 0 spiro atoms. The molecule has 0 atom stereocenters. The lowest BCUT2D eigenvalue weighted by atomic mass is 10.1. The maximum absolute atomic E-state index is 5.40. The summed E-state index contributed by atoms with van der Waals surface area (Å²) in [6.07, 6.45) is 6.36. The van der Waals surface area contributed by atoms with Crippen LogP contribution < -0.4 is 15.4 Å². The normalized spacial score (nSPS) is 11.1. The van der Waals surface area contributed by atoms with Crippen LogP contribution >= 0.6 is 35.3 Å². The minimum atomic E-state index is 0. The van der Waals surface area contributed by atoms with Gasteiger partial charge >= 0.3 is 0 Å². The van der Waals surface area contributed by atoms with E-state index in [0.29, 0.717) is 6.54 Å². The van der Waals surface area contributed by atoms with Crippen LogP contribution in [0, 0.1) is 0 Å². The molecule has 162 valence electrons. The third-order valence-corrected chi connectivity index (χ3v) is 5.56. The highest BCUT2D eigenvalue weighted by Gasteiger charge is 2.04. The van der Waals surface area contributed by atoms with Gasteiger partial charge in [-0.1, -0.05) is 19.1 Å². The Morgan fingerprint density at radius 2 is 1.90 bits per heavy atom. The maximum Gasteiger partial charge on any atom is 0.191 e. The zero-order valence-electron chi connectivity index (χ0n) is 17.4. The number of guanidine groups is 1.